The maximum absolute atomic E-state index is 12.7. The Hall–Kier alpha value is -2.52. The summed E-state index contributed by atoms with van der Waals surface area (Å²) in [7, 11) is 0. The molecule has 0 aliphatic carbocycles. The van der Waals surface area contributed by atoms with E-state index < -0.39 is 0 Å². The number of likely N-dealkylation sites (tertiary alicyclic amines) is 1. The molecule has 0 N–H and O–H groups in total. The van der Waals surface area contributed by atoms with Gasteiger partial charge in [0.15, 0.2) is 0 Å². The van der Waals surface area contributed by atoms with Crippen molar-refractivity contribution in [1.29, 1.82) is 5.26 Å². The van der Waals surface area contributed by atoms with Crippen molar-refractivity contribution in [2.45, 2.75) is 19.8 Å². The van der Waals surface area contributed by atoms with Crippen molar-refractivity contribution in [2.24, 2.45) is 0 Å². The quantitative estimate of drug-likeness (QED) is 0.697. The number of amides is 3. The second-order valence-corrected chi connectivity index (χ2v) is 7.30. The van der Waals surface area contributed by atoms with E-state index in [1.165, 1.54) is 0 Å². The van der Waals surface area contributed by atoms with Gasteiger partial charge in [-0.2, -0.15) is 5.26 Å². The van der Waals surface area contributed by atoms with Crippen molar-refractivity contribution in [2.75, 3.05) is 39.3 Å². The zero-order chi connectivity index (χ0) is 19.4. The zero-order valence-corrected chi connectivity index (χ0v) is 16.2. The normalized spacial score (nSPS) is 17.5. The first kappa shape index (κ1) is 19.2. The average molecular weight is 387 g/mol. The smallest absolute Gasteiger partial charge is 0.320 e. The molecule has 6 nitrogen and oxygen atoms in total. The topological polar surface area (TPSA) is 67.7 Å². The van der Waals surface area contributed by atoms with Crippen LogP contribution in [0.4, 0.5) is 4.79 Å². The molecule has 2 saturated heterocycles. The van der Waals surface area contributed by atoms with Gasteiger partial charge in [-0.05, 0) is 36.1 Å². The number of nitriles is 1. The summed E-state index contributed by atoms with van der Waals surface area (Å²) in [5.74, 6) is 0.0566. The summed E-state index contributed by atoms with van der Waals surface area (Å²) in [6.45, 7) is 5.12. The number of piperidine rings is 1. The van der Waals surface area contributed by atoms with Crippen LogP contribution in [-0.2, 0) is 4.79 Å². The number of hydrogen-bond acceptors (Lipinski definition) is 3. The Morgan fingerprint density at radius 1 is 0.926 bits per heavy atom. The SMILES string of the molecule is CC(=O)N1CCN(C(=O)N2CCC(=C(C#N)c3ccc(Cl)cc3)CC2)CC1. The van der Waals surface area contributed by atoms with E-state index in [4.69, 9.17) is 11.6 Å². The van der Waals surface area contributed by atoms with E-state index in [9.17, 15) is 14.9 Å². The lowest BCUT2D eigenvalue weighted by Gasteiger charge is -2.38. The van der Waals surface area contributed by atoms with Crippen LogP contribution in [0.1, 0.15) is 25.3 Å². The van der Waals surface area contributed by atoms with Gasteiger partial charge >= 0.3 is 6.03 Å². The van der Waals surface area contributed by atoms with Crippen LogP contribution in [0.25, 0.3) is 5.57 Å². The van der Waals surface area contributed by atoms with Crippen molar-refractivity contribution in [3.63, 3.8) is 0 Å². The fourth-order valence-corrected chi connectivity index (χ4v) is 3.72. The maximum atomic E-state index is 12.7. The third kappa shape index (κ3) is 4.42. The summed E-state index contributed by atoms with van der Waals surface area (Å²) in [4.78, 5) is 29.6. The second-order valence-electron chi connectivity index (χ2n) is 6.86. The predicted molar refractivity (Wildman–Crippen MR) is 104 cm³/mol. The Morgan fingerprint density at radius 2 is 1.44 bits per heavy atom. The molecule has 2 aliphatic rings. The molecular formula is C20H23ClN4O2. The van der Waals surface area contributed by atoms with Gasteiger partial charge in [-0.25, -0.2) is 4.79 Å². The minimum atomic E-state index is 0.0299. The second kappa shape index (κ2) is 8.45. The molecule has 2 heterocycles. The van der Waals surface area contributed by atoms with Gasteiger partial charge < -0.3 is 14.7 Å². The van der Waals surface area contributed by atoms with Gasteiger partial charge in [0.2, 0.25) is 5.91 Å². The number of allylic oxidation sites excluding steroid dienone is 1. The number of carbonyl (C=O) groups excluding carboxylic acids is 2. The lowest BCUT2D eigenvalue weighted by molar-refractivity contribution is -0.130. The molecule has 0 atom stereocenters. The fourth-order valence-electron chi connectivity index (χ4n) is 3.59. The third-order valence-corrected chi connectivity index (χ3v) is 5.48. The molecule has 3 rings (SSSR count). The molecule has 0 spiro atoms. The van der Waals surface area contributed by atoms with Gasteiger partial charge in [-0.15, -0.1) is 0 Å². The van der Waals surface area contributed by atoms with Crippen LogP contribution >= 0.6 is 11.6 Å². The molecule has 142 valence electrons. The molecule has 1 aromatic rings. The Balaban J connectivity index is 1.61. The number of benzene rings is 1. The van der Waals surface area contributed by atoms with Crippen LogP contribution in [0.15, 0.2) is 29.8 Å². The lowest BCUT2D eigenvalue weighted by atomic mass is 9.94. The highest BCUT2D eigenvalue weighted by Crippen LogP contribution is 2.27. The minimum absolute atomic E-state index is 0.0299. The van der Waals surface area contributed by atoms with E-state index in [0.717, 1.165) is 11.1 Å². The summed E-state index contributed by atoms with van der Waals surface area (Å²) >= 11 is 5.93. The van der Waals surface area contributed by atoms with Crippen molar-refractivity contribution in [3.8, 4) is 6.07 Å². The van der Waals surface area contributed by atoms with Gasteiger partial charge in [-0.3, -0.25) is 4.79 Å². The average Bonchev–Trinajstić information content (AvgIpc) is 2.70. The molecule has 3 amide bonds. The fraction of sp³-hybridized carbons (Fsp3) is 0.450. The van der Waals surface area contributed by atoms with E-state index in [2.05, 4.69) is 6.07 Å². The lowest BCUT2D eigenvalue weighted by Crippen LogP contribution is -2.54. The van der Waals surface area contributed by atoms with Crippen molar-refractivity contribution < 1.29 is 9.59 Å². The molecule has 0 saturated carbocycles. The number of nitrogens with zero attached hydrogens (tertiary/aromatic N) is 4. The number of carbonyl (C=O) groups is 2. The van der Waals surface area contributed by atoms with Gasteiger partial charge in [0, 0.05) is 51.2 Å². The summed E-state index contributed by atoms with van der Waals surface area (Å²) in [6.07, 6.45) is 1.40. The molecule has 2 fully saturated rings. The van der Waals surface area contributed by atoms with Gasteiger partial charge in [-0.1, -0.05) is 23.7 Å². The number of hydrogen-bond donors (Lipinski definition) is 0. The molecule has 1 aromatic carbocycles. The van der Waals surface area contributed by atoms with E-state index in [-0.39, 0.29) is 11.9 Å². The molecule has 7 heteroatoms. The zero-order valence-electron chi connectivity index (χ0n) is 15.4. The first-order valence-corrected chi connectivity index (χ1v) is 9.55. The highest BCUT2D eigenvalue weighted by molar-refractivity contribution is 6.30. The van der Waals surface area contributed by atoms with E-state index in [0.29, 0.717) is 62.7 Å². The molecule has 0 aromatic heterocycles. The van der Waals surface area contributed by atoms with Crippen LogP contribution < -0.4 is 0 Å². The number of urea groups is 1. The Bertz CT molecular complexity index is 779. The maximum Gasteiger partial charge on any atom is 0.320 e. The van der Waals surface area contributed by atoms with Crippen molar-refractivity contribution >= 4 is 29.1 Å². The van der Waals surface area contributed by atoms with E-state index in [1.54, 1.807) is 24.0 Å². The van der Waals surface area contributed by atoms with Gasteiger partial charge in [0.1, 0.15) is 0 Å². The van der Waals surface area contributed by atoms with Crippen LogP contribution in [0, 0.1) is 11.3 Å². The molecule has 27 heavy (non-hydrogen) atoms. The van der Waals surface area contributed by atoms with Crippen LogP contribution in [-0.4, -0.2) is 65.9 Å². The summed E-state index contributed by atoms with van der Waals surface area (Å²) in [6, 6.07) is 9.64. The monoisotopic (exact) mass is 386 g/mol. The van der Waals surface area contributed by atoms with Gasteiger partial charge in [0.25, 0.3) is 0 Å². The van der Waals surface area contributed by atoms with Crippen LogP contribution in [0.5, 0.6) is 0 Å². The number of halogens is 1. The molecular weight excluding hydrogens is 364 g/mol. The first-order valence-electron chi connectivity index (χ1n) is 9.17. The third-order valence-electron chi connectivity index (χ3n) is 5.23. The highest BCUT2D eigenvalue weighted by Gasteiger charge is 2.28. The van der Waals surface area contributed by atoms with E-state index >= 15 is 0 Å². The summed E-state index contributed by atoms with van der Waals surface area (Å²) < 4.78 is 0. The van der Waals surface area contributed by atoms with Crippen molar-refractivity contribution in [1.82, 2.24) is 14.7 Å². The minimum Gasteiger partial charge on any atom is -0.339 e. The number of piperazine rings is 1. The predicted octanol–water partition coefficient (Wildman–Crippen LogP) is 3.00. The van der Waals surface area contributed by atoms with Crippen molar-refractivity contribution in [3.05, 3.63) is 40.4 Å². The highest BCUT2D eigenvalue weighted by atomic mass is 35.5. The molecule has 0 bridgehead atoms. The molecule has 2 aliphatic heterocycles. The summed E-state index contributed by atoms with van der Waals surface area (Å²) in [5.41, 5.74) is 2.65. The summed E-state index contributed by atoms with van der Waals surface area (Å²) in [5, 5.41) is 10.2. The van der Waals surface area contributed by atoms with E-state index in [1.807, 2.05) is 21.9 Å². The molecule has 0 unspecified atom stereocenters. The Morgan fingerprint density at radius 3 is 1.96 bits per heavy atom. The Kier molecular flexibility index (Phi) is 6.02. The standard InChI is InChI=1S/C20H23ClN4O2/c1-15(26)23-10-12-25(13-11-23)20(27)24-8-6-17(7-9-24)19(14-22)16-2-4-18(21)5-3-16/h2-5H,6-13H2,1H3. The first-order chi connectivity index (χ1) is 13.0. The van der Waals surface area contributed by atoms with Crippen LogP contribution in [0.3, 0.4) is 0 Å². The largest absolute Gasteiger partial charge is 0.339 e. The Labute approximate surface area is 164 Å². The molecule has 0 radical (unpaired) electrons. The number of rotatable bonds is 1. The van der Waals surface area contributed by atoms with Crippen LogP contribution in [0.2, 0.25) is 5.02 Å². The van der Waals surface area contributed by atoms with Gasteiger partial charge in [0.05, 0.1) is 11.6 Å².